The molecular formula is C11H12BrFN4. The summed E-state index contributed by atoms with van der Waals surface area (Å²) >= 11 is 3.21. The summed E-state index contributed by atoms with van der Waals surface area (Å²) in [5.74, 6) is 0.0848. The Kier molecular flexibility index (Phi) is 3.15. The second-order valence-electron chi connectivity index (χ2n) is 4.02. The predicted octanol–water partition coefficient (Wildman–Crippen LogP) is 2.87. The first-order valence-corrected chi connectivity index (χ1v) is 5.96. The summed E-state index contributed by atoms with van der Waals surface area (Å²) < 4.78 is 16.0. The summed E-state index contributed by atoms with van der Waals surface area (Å²) in [5.41, 5.74) is 6.80. The van der Waals surface area contributed by atoms with Crippen LogP contribution in [0, 0.1) is 5.82 Å². The van der Waals surface area contributed by atoms with Gasteiger partial charge in [0.05, 0.1) is 5.69 Å². The molecule has 2 rings (SSSR count). The fourth-order valence-corrected chi connectivity index (χ4v) is 2.01. The first kappa shape index (κ1) is 12.0. The highest BCUT2D eigenvalue weighted by molar-refractivity contribution is 9.10. The number of halogens is 2. The minimum absolute atomic E-state index is 0.119. The van der Waals surface area contributed by atoms with Crippen molar-refractivity contribution in [3.63, 3.8) is 0 Å². The van der Waals surface area contributed by atoms with Gasteiger partial charge in [0.15, 0.2) is 5.82 Å². The highest BCUT2D eigenvalue weighted by Gasteiger charge is 2.17. The van der Waals surface area contributed by atoms with Crippen molar-refractivity contribution in [3.8, 4) is 5.69 Å². The number of benzene rings is 1. The summed E-state index contributed by atoms with van der Waals surface area (Å²) in [6.45, 7) is 3.92. The molecule has 2 aromatic rings. The van der Waals surface area contributed by atoms with Crippen LogP contribution < -0.4 is 5.73 Å². The van der Waals surface area contributed by atoms with Gasteiger partial charge in [-0.25, -0.2) is 9.07 Å². The topological polar surface area (TPSA) is 56.7 Å². The Hall–Kier alpha value is -1.43. The number of hydrogen-bond donors (Lipinski definition) is 1. The second kappa shape index (κ2) is 4.44. The van der Waals surface area contributed by atoms with E-state index in [4.69, 9.17) is 5.73 Å². The minimum Gasteiger partial charge on any atom is -0.381 e. The number of anilines is 1. The lowest BCUT2D eigenvalue weighted by molar-refractivity contribution is 0.597. The van der Waals surface area contributed by atoms with Crippen molar-refractivity contribution < 1.29 is 4.39 Å². The molecule has 0 bridgehead atoms. The Morgan fingerprint density at radius 3 is 2.71 bits per heavy atom. The van der Waals surface area contributed by atoms with Gasteiger partial charge in [0.1, 0.15) is 11.5 Å². The molecule has 17 heavy (non-hydrogen) atoms. The maximum atomic E-state index is 13.8. The lowest BCUT2D eigenvalue weighted by Gasteiger charge is -2.10. The van der Waals surface area contributed by atoms with Gasteiger partial charge in [0.25, 0.3) is 0 Å². The predicted molar refractivity (Wildman–Crippen MR) is 67.5 cm³/mol. The molecule has 4 nitrogen and oxygen atoms in total. The normalized spacial score (nSPS) is 11.1. The smallest absolute Gasteiger partial charge is 0.169 e. The molecule has 0 radical (unpaired) electrons. The van der Waals surface area contributed by atoms with Crippen LogP contribution in [0.4, 0.5) is 10.2 Å². The van der Waals surface area contributed by atoms with Gasteiger partial charge in [-0.15, -0.1) is 5.10 Å². The van der Waals surface area contributed by atoms with Gasteiger partial charge in [-0.2, -0.15) is 0 Å². The van der Waals surface area contributed by atoms with Gasteiger partial charge < -0.3 is 5.73 Å². The van der Waals surface area contributed by atoms with Crippen LogP contribution in [0.25, 0.3) is 5.69 Å². The van der Waals surface area contributed by atoms with Crippen molar-refractivity contribution in [1.29, 1.82) is 0 Å². The zero-order valence-electron chi connectivity index (χ0n) is 9.48. The third-order valence-electron chi connectivity index (χ3n) is 2.42. The van der Waals surface area contributed by atoms with E-state index in [1.54, 1.807) is 12.1 Å². The molecule has 0 amide bonds. The maximum Gasteiger partial charge on any atom is 0.169 e. The molecule has 6 heteroatoms. The number of nitrogens with two attached hydrogens (primary N) is 1. The van der Waals surface area contributed by atoms with Crippen LogP contribution in [-0.4, -0.2) is 15.0 Å². The number of nitrogen functional groups attached to an aromatic ring is 1. The molecule has 0 saturated carbocycles. The molecule has 0 atom stereocenters. The fourth-order valence-electron chi connectivity index (χ4n) is 1.67. The first-order valence-electron chi connectivity index (χ1n) is 5.17. The van der Waals surface area contributed by atoms with Gasteiger partial charge in [0, 0.05) is 4.47 Å². The molecule has 0 aliphatic rings. The van der Waals surface area contributed by atoms with Crippen LogP contribution in [0.5, 0.6) is 0 Å². The van der Waals surface area contributed by atoms with E-state index in [0.29, 0.717) is 21.7 Å². The third kappa shape index (κ3) is 2.17. The molecule has 0 aliphatic heterocycles. The quantitative estimate of drug-likeness (QED) is 0.927. The Morgan fingerprint density at radius 1 is 1.41 bits per heavy atom. The Balaban J connectivity index is 2.61. The van der Waals surface area contributed by atoms with Crippen LogP contribution in [0.15, 0.2) is 22.7 Å². The number of rotatable bonds is 2. The van der Waals surface area contributed by atoms with Gasteiger partial charge in [-0.1, -0.05) is 35.0 Å². The standard InChI is InChI=1S/C11H12BrFN4/c1-6(2)10-11(14)15-16-17(10)9-4-3-7(12)5-8(9)13/h3-6H,14H2,1-2H3. The highest BCUT2D eigenvalue weighted by Crippen LogP contribution is 2.25. The number of nitrogens with zero attached hydrogens (tertiary/aromatic N) is 3. The summed E-state index contributed by atoms with van der Waals surface area (Å²) in [6.07, 6.45) is 0. The number of hydrogen-bond acceptors (Lipinski definition) is 3. The fraction of sp³-hybridized carbons (Fsp3) is 0.273. The molecule has 90 valence electrons. The lowest BCUT2D eigenvalue weighted by Crippen LogP contribution is -2.07. The first-order chi connectivity index (χ1) is 8.00. The summed E-state index contributed by atoms with van der Waals surface area (Å²) in [4.78, 5) is 0. The van der Waals surface area contributed by atoms with E-state index in [1.807, 2.05) is 13.8 Å². The van der Waals surface area contributed by atoms with Gasteiger partial charge >= 0.3 is 0 Å². The average Bonchev–Trinajstić information content (AvgIpc) is 2.60. The zero-order valence-corrected chi connectivity index (χ0v) is 11.1. The van der Waals surface area contributed by atoms with Crippen molar-refractivity contribution in [2.75, 3.05) is 5.73 Å². The summed E-state index contributed by atoms with van der Waals surface area (Å²) in [5, 5.41) is 7.67. The lowest BCUT2D eigenvalue weighted by atomic mass is 10.1. The van der Waals surface area contributed by atoms with E-state index >= 15 is 0 Å². The largest absolute Gasteiger partial charge is 0.381 e. The number of aromatic nitrogens is 3. The molecule has 0 aliphatic carbocycles. The zero-order chi connectivity index (χ0) is 12.6. The van der Waals surface area contributed by atoms with Crippen LogP contribution in [0.1, 0.15) is 25.5 Å². The molecule has 1 heterocycles. The van der Waals surface area contributed by atoms with Gasteiger partial charge in [-0.05, 0) is 24.1 Å². The van der Waals surface area contributed by atoms with Crippen molar-refractivity contribution in [2.45, 2.75) is 19.8 Å². The minimum atomic E-state index is -0.369. The van der Waals surface area contributed by atoms with Crippen molar-refractivity contribution in [1.82, 2.24) is 15.0 Å². The van der Waals surface area contributed by atoms with E-state index in [1.165, 1.54) is 10.7 Å². The average molecular weight is 299 g/mol. The van der Waals surface area contributed by atoms with Crippen LogP contribution in [-0.2, 0) is 0 Å². The highest BCUT2D eigenvalue weighted by atomic mass is 79.9. The molecule has 1 aromatic carbocycles. The van der Waals surface area contributed by atoms with E-state index in [9.17, 15) is 4.39 Å². The Labute approximate surface area is 107 Å². The molecule has 1 aromatic heterocycles. The van der Waals surface area contributed by atoms with E-state index < -0.39 is 0 Å². The SMILES string of the molecule is CC(C)c1c(N)nnn1-c1ccc(Br)cc1F. The van der Waals surface area contributed by atoms with Crippen molar-refractivity contribution in [2.24, 2.45) is 0 Å². The van der Waals surface area contributed by atoms with Crippen LogP contribution >= 0.6 is 15.9 Å². The molecule has 2 N–H and O–H groups in total. The second-order valence-corrected chi connectivity index (χ2v) is 4.94. The summed E-state index contributed by atoms with van der Waals surface area (Å²) in [6, 6.07) is 4.77. The summed E-state index contributed by atoms with van der Waals surface area (Å²) in [7, 11) is 0. The van der Waals surface area contributed by atoms with Crippen molar-refractivity contribution in [3.05, 3.63) is 34.2 Å². The molecule has 0 fully saturated rings. The Morgan fingerprint density at radius 2 is 2.12 bits per heavy atom. The molecule has 0 saturated heterocycles. The van der Waals surface area contributed by atoms with E-state index in [0.717, 1.165) is 0 Å². The monoisotopic (exact) mass is 298 g/mol. The van der Waals surface area contributed by atoms with Crippen molar-refractivity contribution >= 4 is 21.7 Å². The third-order valence-corrected chi connectivity index (χ3v) is 2.91. The Bertz CT molecular complexity index is 550. The molecular weight excluding hydrogens is 287 g/mol. The van der Waals surface area contributed by atoms with E-state index in [-0.39, 0.29) is 11.7 Å². The van der Waals surface area contributed by atoms with Crippen LogP contribution in [0.3, 0.4) is 0 Å². The van der Waals surface area contributed by atoms with E-state index in [2.05, 4.69) is 26.2 Å². The maximum absolute atomic E-state index is 13.8. The van der Waals surface area contributed by atoms with Gasteiger partial charge in [-0.3, -0.25) is 0 Å². The molecule has 0 spiro atoms. The van der Waals surface area contributed by atoms with Crippen LogP contribution in [0.2, 0.25) is 0 Å². The van der Waals surface area contributed by atoms with Gasteiger partial charge in [0.2, 0.25) is 0 Å². The molecule has 0 unspecified atom stereocenters.